The molecule has 1 atom stereocenters. The second kappa shape index (κ2) is 9.03. The number of aliphatic hydroxyl groups is 1. The van der Waals surface area contributed by atoms with Crippen molar-refractivity contribution in [1.29, 1.82) is 0 Å². The lowest BCUT2D eigenvalue weighted by molar-refractivity contribution is -0.136. The van der Waals surface area contributed by atoms with Crippen LogP contribution in [0, 0.1) is 0 Å². The summed E-state index contributed by atoms with van der Waals surface area (Å²) in [6.45, 7) is 4.67. The van der Waals surface area contributed by atoms with E-state index < -0.39 is 5.54 Å². The Bertz CT molecular complexity index is 673. The van der Waals surface area contributed by atoms with Gasteiger partial charge in [0.15, 0.2) is 0 Å². The molecular formula is C21H31N3O4. The Morgan fingerprint density at radius 3 is 2.43 bits per heavy atom. The van der Waals surface area contributed by atoms with E-state index in [1.54, 1.807) is 12.0 Å². The van der Waals surface area contributed by atoms with Crippen LogP contribution in [-0.2, 0) is 16.0 Å². The average molecular weight is 389 g/mol. The number of amides is 3. The Morgan fingerprint density at radius 1 is 1.14 bits per heavy atom. The van der Waals surface area contributed by atoms with Crippen molar-refractivity contribution in [3.8, 4) is 0 Å². The molecule has 1 N–H and O–H groups in total. The van der Waals surface area contributed by atoms with Crippen LogP contribution in [0.3, 0.4) is 0 Å². The topological polar surface area (TPSA) is 73.3 Å². The molecule has 2 aliphatic heterocycles. The molecule has 0 bridgehead atoms. The van der Waals surface area contributed by atoms with E-state index in [1.807, 2.05) is 37.3 Å². The molecule has 3 amide bonds. The first-order valence-electron chi connectivity index (χ1n) is 10.0. The first kappa shape index (κ1) is 20.8. The van der Waals surface area contributed by atoms with E-state index in [4.69, 9.17) is 4.74 Å². The minimum Gasteiger partial charge on any atom is -0.395 e. The van der Waals surface area contributed by atoms with Crippen molar-refractivity contribution in [2.24, 2.45) is 0 Å². The zero-order valence-electron chi connectivity index (χ0n) is 16.8. The molecule has 0 radical (unpaired) electrons. The average Bonchev–Trinajstić information content (AvgIpc) is 2.92. The number of imide groups is 1. The van der Waals surface area contributed by atoms with E-state index in [-0.39, 0.29) is 24.6 Å². The maximum Gasteiger partial charge on any atom is 0.327 e. The number of nitrogens with zero attached hydrogens (tertiary/aromatic N) is 3. The summed E-state index contributed by atoms with van der Waals surface area (Å²) in [5.74, 6) is -0.0826. The van der Waals surface area contributed by atoms with Gasteiger partial charge >= 0.3 is 6.03 Å². The zero-order valence-corrected chi connectivity index (χ0v) is 16.8. The molecule has 2 fully saturated rings. The summed E-state index contributed by atoms with van der Waals surface area (Å²) in [6.07, 6.45) is 1.83. The van der Waals surface area contributed by atoms with Crippen molar-refractivity contribution in [3.05, 3.63) is 35.9 Å². The maximum absolute atomic E-state index is 13.4. The van der Waals surface area contributed by atoms with Gasteiger partial charge < -0.3 is 14.7 Å². The molecule has 0 saturated carbocycles. The van der Waals surface area contributed by atoms with Crippen molar-refractivity contribution < 1.29 is 19.4 Å². The number of aliphatic hydroxyl groups excluding tert-OH is 1. The summed E-state index contributed by atoms with van der Waals surface area (Å²) in [5.41, 5.74) is 0.330. The number of rotatable bonds is 8. The summed E-state index contributed by atoms with van der Waals surface area (Å²) in [4.78, 5) is 31.8. The van der Waals surface area contributed by atoms with Crippen LogP contribution in [0.5, 0.6) is 0 Å². The van der Waals surface area contributed by atoms with Crippen LogP contribution in [0.25, 0.3) is 0 Å². The van der Waals surface area contributed by atoms with Gasteiger partial charge in [-0.2, -0.15) is 0 Å². The van der Waals surface area contributed by atoms with Crippen molar-refractivity contribution in [1.82, 2.24) is 14.7 Å². The Hall–Kier alpha value is -1.96. The Balaban J connectivity index is 1.76. The molecular weight excluding hydrogens is 358 g/mol. The third-order valence-corrected chi connectivity index (χ3v) is 6.12. The highest BCUT2D eigenvalue weighted by atomic mass is 16.5. The van der Waals surface area contributed by atoms with E-state index in [1.165, 1.54) is 4.90 Å². The van der Waals surface area contributed by atoms with Crippen LogP contribution in [0.15, 0.2) is 30.3 Å². The summed E-state index contributed by atoms with van der Waals surface area (Å²) in [5, 5.41) is 9.43. The predicted molar refractivity (Wildman–Crippen MR) is 106 cm³/mol. The van der Waals surface area contributed by atoms with Gasteiger partial charge in [-0.05, 0) is 31.7 Å². The quantitative estimate of drug-likeness (QED) is 0.680. The fourth-order valence-electron chi connectivity index (χ4n) is 4.29. The number of ether oxygens (including phenoxy) is 1. The fraction of sp³-hybridized carbons (Fsp3) is 0.619. The van der Waals surface area contributed by atoms with E-state index >= 15 is 0 Å². The minimum atomic E-state index is -0.780. The summed E-state index contributed by atoms with van der Waals surface area (Å²) in [7, 11) is 1.60. The van der Waals surface area contributed by atoms with Gasteiger partial charge in [-0.25, -0.2) is 4.79 Å². The van der Waals surface area contributed by atoms with E-state index in [0.29, 0.717) is 52.0 Å². The van der Waals surface area contributed by atoms with Gasteiger partial charge in [-0.15, -0.1) is 0 Å². The van der Waals surface area contributed by atoms with E-state index in [9.17, 15) is 14.7 Å². The van der Waals surface area contributed by atoms with Gasteiger partial charge in [0.25, 0.3) is 5.91 Å². The van der Waals surface area contributed by atoms with Crippen molar-refractivity contribution in [3.63, 3.8) is 0 Å². The largest absolute Gasteiger partial charge is 0.395 e. The summed E-state index contributed by atoms with van der Waals surface area (Å²) in [6, 6.07) is 9.77. The van der Waals surface area contributed by atoms with Crippen LogP contribution in [-0.4, -0.2) is 89.8 Å². The Labute approximate surface area is 166 Å². The lowest BCUT2D eigenvalue weighted by Crippen LogP contribution is -2.58. The van der Waals surface area contributed by atoms with Gasteiger partial charge in [0, 0.05) is 39.3 Å². The highest BCUT2D eigenvalue weighted by Crippen LogP contribution is 2.37. The first-order valence-corrected chi connectivity index (χ1v) is 10.0. The third kappa shape index (κ3) is 3.92. The molecule has 7 nitrogen and oxygen atoms in total. The molecule has 1 aromatic carbocycles. The van der Waals surface area contributed by atoms with Crippen molar-refractivity contribution in [2.45, 2.75) is 37.8 Å². The molecule has 7 heteroatoms. The number of likely N-dealkylation sites (tertiary alicyclic amines) is 1. The Morgan fingerprint density at radius 2 is 1.82 bits per heavy atom. The molecule has 2 saturated heterocycles. The number of hydrogen-bond donors (Lipinski definition) is 1. The maximum atomic E-state index is 13.4. The molecule has 2 heterocycles. The lowest BCUT2D eigenvalue weighted by Gasteiger charge is -2.43. The van der Waals surface area contributed by atoms with Gasteiger partial charge in [0.2, 0.25) is 0 Å². The highest BCUT2D eigenvalue weighted by Gasteiger charge is 2.57. The van der Waals surface area contributed by atoms with Crippen LogP contribution in [0.1, 0.15) is 25.3 Å². The van der Waals surface area contributed by atoms with Crippen LogP contribution in [0.2, 0.25) is 0 Å². The zero-order chi connectivity index (χ0) is 20.1. The molecule has 28 heavy (non-hydrogen) atoms. The second-order valence-corrected chi connectivity index (χ2v) is 7.72. The first-order chi connectivity index (χ1) is 13.5. The predicted octanol–water partition coefficient (Wildman–Crippen LogP) is 1.36. The number of methoxy groups -OCH3 is 1. The second-order valence-electron chi connectivity index (χ2n) is 7.72. The molecule has 154 valence electrons. The van der Waals surface area contributed by atoms with E-state index in [0.717, 1.165) is 5.56 Å². The molecule has 3 rings (SSSR count). The van der Waals surface area contributed by atoms with Gasteiger partial charge in [-0.3, -0.25) is 14.6 Å². The smallest absolute Gasteiger partial charge is 0.327 e. The molecule has 1 spiro atoms. The number of urea groups is 1. The SMILES string of the molecule is COCCN1C(=O)N(CCc2ccccc2)C(=O)C12CCN([C@H](C)CO)CC2. The molecule has 0 aromatic heterocycles. The molecule has 1 aromatic rings. The number of carbonyl (C=O) groups is 2. The lowest BCUT2D eigenvalue weighted by atomic mass is 9.85. The standard InChI is InChI=1S/C21H31N3O4/c1-17(16-25)22-12-9-21(10-13-22)19(26)23(20(27)24(21)14-15-28-2)11-8-18-6-4-3-5-7-18/h3-7,17,25H,8-16H2,1-2H3/t17-/m1/s1. The van der Waals surface area contributed by atoms with Crippen molar-refractivity contribution >= 4 is 11.9 Å². The summed E-state index contributed by atoms with van der Waals surface area (Å²) >= 11 is 0. The van der Waals surface area contributed by atoms with Crippen LogP contribution < -0.4 is 0 Å². The number of benzene rings is 1. The van der Waals surface area contributed by atoms with Gasteiger partial charge in [0.05, 0.1) is 13.2 Å². The van der Waals surface area contributed by atoms with Gasteiger partial charge in [-0.1, -0.05) is 30.3 Å². The molecule has 2 aliphatic rings. The molecule has 0 aliphatic carbocycles. The van der Waals surface area contributed by atoms with Crippen LogP contribution in [0.4, 0.5) is 4.79 Å². The molecule has 0 unspecified atom stereocenters. The number of hydrogen-bond acceptors (Lipinski definition) is 5. The van der Waals surface area contributed by atoms with E-state index in [2.05, 4.69) is 4.90 Å². The third-order valence-electron chi connectivity index (χ3n) is 6.12. The number of piperidine rings is 1. The van der Waals surface area contributed by atoms with Gasteiger partial charge in [0.1, 0.15) is 5.54 Å². The fourth-order valence-corrected chi connectivity index (χ4v) is 4.29. The van der Waals surface area contributed by atoms with Crippen LogP contribution >= 0.6 is 0 Å². The minimum absolute atomic E-state index is 0.0613. The highest BCUT2D eigenvalue weighted by molar-refractivity contribution is 6.07. The Kier molecular flexibility index (Phi) is 6.69. The summed E-state index contributed by atoms with van der Waals surface area (Å²) < 4.78 is 5.20. The normalized spacial score (nSPS) is 21.0. The number of carbonyl (C=O) groups excluding carboxylic acids is 2. The van der Waals surface area contributed by atoms with Crippen molar-refractivity contribution in [2.75, 3.05) is 46.5 Å². The monoisotopic (exact) mass is 389 g/mol.